The molecular weight excluding hydrogens is 250 g/mol. The highest BCUT2D eigenvalue weighted by Crippen LogP contribution is 2.22. The van der Waals surface area contributed by atoms with E-state index in [9.17, 15) is 0 Å². The van der Waals surface area contributed by atoms with Crippen LogP contribution in [-0.4, -0.2) is 17.0 Å². The molecule has 0 saturated carbocycles. The minimum absolute atomic E-state index is 0.574. The van der Waals surface area contributed by atoms with Gasteiger partial charge in [-0.1, -0.05) is 32.4 Å². The molecule has 0 unspecified atom stereocenters. The molecule has 106 valence electrons. The fourth-order valence-electron chi connectivity index (χ4n) is 1.94. The van der Waals surface area contributed by atoms with E-state index in [1.54, 1.807) is 6.07 Å². The molecule has 0 spiro atoms. The van der Waals surface area contributed by atoms with Crippen molar-refractivity contribution in [3.8, 4) is 11.6 Å². The van der Waals surface area contributed by atoms with Crippen molar-refractivity contribution in [3.63, 3.8) is 0 Å². The summed E-state index contributed by atoms with van der Waals surface area (Å²) in [4.78, 5) is 8.73. The van der Waals surface area contributed by atoms with E-state index in [1.807, 2.05) is 26.1 Å². The summed E-state index contributed by atoms with van der Waals surface area (Å²) in [6, 6.07) is 9.97. The average molecular weight is 271 g/mol. The minimum atomic E-state index is 0.574. The molecule has 1 N–H and O–H groups in total. The van der Waals surface area contributed by atoms with E-state index in [-0.39, 0.29) is 0 Å². The largest absolute Gasteiger partial charge is 0.439 e. The fraction of sp³-hybridized carbons (Fsp3) is 0.375. The van der Waals surface area contributed by atoms with Gasteiger partial charge >= 0.3 is 0 Å². The van der Waals surface area contributed by atoms with Crippen molar-refractivity contribution in [1.82, 2.24) is 9.97 Å². The third kappa shape index (κ3) is 3.70. The van der Waals surface area contributed by atoms with E-state index < -0.39 is 0 Å². The van der Waals surface area contributed by atoms with Gasteiger partial charge in [0.15, 0.2) is 0 Å². The lowest BCUT2D eigenvalue weighted by molar-refractivity contribution is 0.459. The maximum atomic E-state index is 5.81. The van der Waals surface area contributed by atoms with Crippen LogP contribution in [0.1, 0.15) is 31.7 Å². The predicted octanol–water partition coefficient (Wildman–Crippen LogP) is 3.83. The van der Waals surface area contributed by atoms with Gasteiger partial charge < -0.3 is 10.1 Å². The van der Waals surface area contributed by atoms with Crippen molar-refractivity contribution in [1.29, 1.82) is 0 Å². The second-order valence-corrected chi connectivity index (χ2v) is 4.61. The molecule has 0 atom stereocenters. The van der Waals surface area contributed by atoms with Crippen LogP contribution < -0.4 is 10.1 Å². The molecule has 20 heavy (non-hydrogen) atoms. The van der Waals surface area contributed by atoms with Crippen LogP contribution >= 0.6 is 0 Å². The first-order chi connectivity index (χ1) is 9.75. The number of nitrogens with one attached hydrogen (secondary N) is 1. The molecule has 1 aromatic carbocycles. The van der Waals surface area contributed by atoms with Crippen molar-refractivity contribution >= 4 is 5.82 Å². The minimum Gasteiger partial charge on any atom is -0.439 e. The summed E-state index contributed by atoms with van der Waals surface area (Å²) in [5.41, 5.74) is 1.33. The zero-order valence-electron chi connectivity index (χ0n) is 12.3. The van der Waals surface area contributed by atoms with Gasteiger partial charge in [-0.05, 0) is 24.1 Å². The number of hydrogen-bond donors (Lipinski definition) is 1. The number of ether oxygens (including phenoxy) is 1. The Bertz CT molecular complexity index is 530. The Balaban J connectivity index is 2.16. The quantitative estimate of drug-likeness (QED) is 0.867. The summed E-state index contributed by atoms with van der Waals surface area (Å²) in [7, 11) is 1.84. The Hall–Kier alpha value is -2.10. The van der Waals surface area contributed by atoms with Crippen molar-refractivity contribution in [2.24, 2.45) is 0 Å². The number of rotatable bonds is 6. The van der Waals surface area contributed by atoms with Crippen LogP contribution in [0, 0.1) is 0 Å². The molecule has 0 aliphatic rings. The Morgan fingerprint density at radius 1 is 1.10 bits per heavy atom. The van der Waals surface area contributed by atoms with E-state index >= 15 is 0 Å². The fourth-order valence-corrected chi connectivity index (χ4v) is 1.94. The molecule has 0 saturated heterocycles. The number of benzene rings is 1. The summed E-state index contributed by atoms with van der Waals surface area (Å²) in [6.45, 7) is 4.20. The van der Waals surface area contributed by atoms with Gasteiger partial charge in [0.1, 0.15) is 17.4 Å². The van der Waals surface area contributed by atoms with Gasteiger partial charge in [-0.25, -0.2) is 4.98 Å². The number of hydrogen-bond acceptors (Lipinski definition) is 4. The Labute approximate surface area is 120 Å². The standard InChI is InChI=1S/C16H21N3O/c1-4-6-12-7-9-13(10-8-12)20-16-11-15(17-3)18-14(5-2)19-16/h7-11H,4-6H2,1-3H3,(H,17,18,19). The zero-order valence-corrected chi connectivity index (χ0v) is 12.3. The van der Waals surface area contributed by atoms with Gasteiger partial charge in [-0.15, -0.1) is 0 Å². The van der Waals surface area contributed by atoms with E-state index in [4.69, 9.17) is 4.74 Å². The van der Waals surface area contributed by atoms with E-state index in [2.05, 4.69) is 34.3 Å². The average Bonchev–Trinajstić information content (AvgIpc) is 2.49. The molecule has 0 fully saturated rings. The summed E-state index contributed by atoms with van der Waals surface area (Å²) in [5, 5.41) is 3.02. The second kappa shape index (κ2) is 6.89. The molecule has 2 aromatic rings. The molecule has 0 bridgehead atoms. The Morgan fingerprint density at radius 3 is 2.45 bits per heavy atom. The zero-order chi connectivity index (χ0) is 14.4. The molecule has 4 heteroatoms. The summed E-state index contributed by atoms with van der Waals surface area (Å²) in [6.07, 6.45) is 3.02. The first-order valence-corrected chi connectivity index (χ1v) is 7.07. The van der Waals surface area contributed by atoms with E-state index in [0.29, 0.717) is 5.88 Å². The molecule has 0 aliphatic heterocycles. The maximum Gasteiger partial charge on any atom is 0.224 e. The van der Waals surface area contributed by atoms with Gasteiger partial charge in [0.05, 0.1) is 0 Å². The lowest BCUT2D eigenvalue weighted by Crippen LogP contribution is -2.01. The van der Waals surface area contributed by atoms with Crippen LogP contribution in [0.2, 0.25) is 0 Å². The second-order valence-electron chi connectivity index (χ2n) is 4.61. The first-order valence-electron chi connectivity index (χ1n) is 7.07. The Kier molecular flexibility index (Phi) is 4.93. The molecule has 0 amide bonds. The van der Waals surface area contributed by atoms with Gasteiger partial charge in [0, 0.05) is 19.5 Å². The van der Waals surface area contributed by atoms with Gasteiger partial charge in [-0.3, -0.25) is 0 Å². The van der Waals surface area contributed by atoms with Crippen molar-refractivity contribution in [2.45, 2.75) is 33.1 Å². The number of aryl methyl sites for hydroxylation is 2. The van der Waals surface area contributed by atoms with E-state index in [0.717, 1.165) is 36.7 Å². The van der Waals surface area contributed by atoms with Gasteiger partial charge in [-0.2, -0.15) is 4.98 Å². The van der Waals surface area contributed by atoms with Crippen LogP contribution in [-0.2, 0) is 12.8 Å². The molecule has 0 radical (unpaired) electrons. The van der Waals surface area contributed by atoms with Crippen LogP contribution in [0.3, 0.4) is 0 Å². The lowest BCUT2D eigenvalue weighted by Gasteiger charge is -2.09. The molecule has 1 heterocycles. The van der Waals surface area contributed by atoms with Crippen LogP contribution in [0.4, 0.5) is 5.82 Å². The summed E-state index contributed by atoms with van der Waals surface area (Å²) < 4.78 is 5.81. The number of aromatic nitrogens is 2. The monoisotopic (exact) mass is 271 g/mol. The Morgan fingerprint density at radius 2 is 1.85 bits per heavy atom. The smallest absolute Gasteiger partial charge is 0.224 e. The topological polar surface area (TPSA) is 47.0 Å². The SMILES string of the molecule is CCCc1ccc(Oc2cc(NC)nc(CC)n2)cc1. The molecule has 0 aliphatic carbocycles. The maximum absolute atomic E-state index is 5.81. The molecule has 2 rings (SSSR count). The first kappa shape index (κ1) is 14.3. The normalized spacial score (nSPS) is 10.3. The van der Waals surface area contributed by atoms with Crippen molar-refractivity contribution in [2.75, 3.05) is 12.4 Å². The third-order valence-electron chi connectivity index (χ3n) is 3.01. The van der Waals surface area contributed by atoms with Crippen LogP contribution in [0.5, 0.6) is 11.6 Å². The summed E-state index contributed by atoms with van der Waals surface area (Å²) >= 11 is 0. The third-order valence-corrected chi connectivity index (χ3v) is 3.01. The van der Waals surface area contributed by atoms with Gasteiger partial charge in [0.25, 0.3) is 0 Å². The summed E-state index contributed by atoms with van der Waals surface area (Å²) in [5.74, 6) is 2.92. The number of nitrogens with zero attached hydrogens (tertiary/aromatic N) is 2. The molecule has 4 nitrogen and oxygen atoms in total. The van der Waals surface area contributed by atoms with Crippen molar-refractivity contribution in [3.05, 3.63) is 41.7 Å². The highest BCUT2D eigenvalue weighted by molar-refractivity contribution is 5.39. The highest BCUT2D eigenvalue weighted by Gasteiger charge is 2.05. The van der Waals surface area contributed by atoms with Crippen LogP contribution in [0.25, 0.3) is 0 Å². The van der Waals surface area contributed by atoms with Crippen LogP contribution in [0.15, 0.2) is 30.3 Å². The highest BCUT2D eigenvalue weighted by atomic mass is 16.5. The van der Waals surface area contributed by atoms with E-state index in [1.165, 1.54) is 5.56 Å². The lowest BCUT2D eigenvalue weighted by atomic mass is 10.1. The number of anilines is 1. The molecular formula is C16H21N3O. The van der Waals surface area contributed by atoms with Crippen molar-refractivity contribution < 1.29 is 4.74 Å². The predicted molar refractivity (Wildman–Crippen MR) is 81.5 cm³/mol. The van der Waals surface area contributed by atoms with Gasteiger partial charge in [0.2, 0.25) is 5.88 Å². The molecule has 1 aromatic heterocycles.